The number of unbranched alkanes of at least 4 members (excludes halogenated alkanes) is 1. The molecule has 0 fully saturated rings. The van der Waals surface area contributed by atoms with E-state index in [1.807, 2.05) is 18.2 Å². The lowest BCUT2D eigenvalue weighted by molar-refractivity contribution is 0.275. The molecular weight excluding hydrogens is 223 g/mol. The van der Waals surface area contributed by atoms with E-state index in [2.05, 4.69) is 12.1 Å². The van der Waals surface area contributed by atoms with Crippen LogP contribution in [0.3, 0.4) is 0 Å². The molecule has 3 nitrogen and oxygen atoms in total. The fourth-order valence-corrected chi connectivity index (χ4v) is 2.66. The fraction of sp³-hybridized carbons (Fsp3) is 0.500. The molecule has 0 amide bonds. The van der Waals surface area contributed by atoms with E-state index in [4.69, 9.17) is 9.05 Å². The van der Waals surface area contributed by atoms with E-state index in [0.29, 0.717) is 6.16 Å². The van der Waals surface area contributed by atoms with Crippen LogP contribution in [0.15, 0.2) is 30.3 Å². The molecule has 4 heteroatoms. The Balaban J connectivity index is 2.24. The number of aryl methyl sites for hydroxylation is 1. The molecular formula is C12H19O3P. The molecule has 1 aromatic rings. The van der Waals surface area contributed by atoms with Crippen molar-refractivity contribution in [3.8, 4) is 0 Å². The van der Waals surface area contributed by atoms with E-state index < -0.39 is 7.60 Å². The van der Waals surface area contributed by atoms with Crippen LogP contribution in [0, 0.1) is 0 Å². The summed E-state index contributed by atoms with van der Waals surface area (Å²) in [6, 6.07) is 10.3. The molecule has 0 N–H and O–H groups in total. The van der Waals surface area contributed by atoms with Crippen LogP contribution in [0.25, 0.3) is 0 Å². The van der Waals surface area contributed by atoms with Gasteiger partial charge >= 0.3 is 7.60 Å². The fourth-order valence-electron chi connectivity index (χ4n) is 1.54. The molecule has 16 heavy (non-hydrogen) atoms. The van der Waals surface area contributed by atoms with Crippen LogP contribution in [-0.2, 0) is 20.0 Å². The summed E-state index contributed by atoms with van der Waals surface area (Å²) in [6.07, 6.45) is 3.36. The van der Waals surface area contributed by atoms with Gasteiger partial charge in [-0.15, -0.1) is 0 Å². The van der Waals surface area contributed by atoms with E-state index in [-0.39, 0.29) is 0 Å². The van der Waals surface area contributed by atoms with Gasteiger partial charge in [-0.1, -0.05) is 30.3 Å². The van der Waals surface area contributed by atoms with Crippen molar-refractivity contribution in [3.63, 3.8) is 0 Å². The van der Waals surface area contributed by atoms with Crippen LogP contribution in [0.1, 0.15) is 18.4 Å². The summed E-state index contributed by atoms with van der Waals surface area (Å²) in [5.74, 6) is 0. The molecule has 0 radical (unpaired) electrons. The second-order valence-electron chi connectivity index (χ2n) is 3.64. The summed E-state index contributed by atoms with van der Waals surface area (Å²) < 4.78 is 21.5. The predicted molar refractivity (Wildman–Crippen MR) is 65.9 cm³/mol. The normalized spacial score (nSPS) is 11.6. The molecule has 0 heterocycles. The maximum atomic E-state index is 11.7. The van der Waals surface area contributed by atoms with E-state index >= 15 is 0 Å². The Hall–Kier alpha value is -0.630. The lowest BCUT2D eigenvalue weighted by Gasteiger charge is -2.12. The Morgan fingerprint density at radius 1 is 1.06 bits per heavy atom. The van der Waals surface area contributed by atoms with Gasteiger partial charge in [0.2, 0.25) is 0 Å². The summed E-state index contributed by atoms with van der Waals surface area (Å²) in [5.41, 5.74) is 1.31. The quantitative estimate of drug-likeness (QED) is 0.542. The van der Waals surface area contributed by atoms with E-state index in [0.717, 1.165) is 19.3 Å². The van der Waals surface area contributed by atoms with Gasteiger partial charge in [-0.25, -0.2) is 0 Å². The van der Waals surface area contributed by atoms with Crippen LogP contribution in [0.4, 0.5) is 0 Å². The minimum atomic E-state index is -2.80. The number of hydrogen-bond donors (Lipinski definition) is 0. The Labute approximate surface area is 97.3 Å². The summed E-state index contributed by atoms with van der Waals surface area (Å²) in [5, 5.41) is 0. The van der Waals surface area contributed by atoms with Crippen LogP contribution in [-0.4, -0.2) is 20.4 Å². The third-order valence-corrected chi connectivity index (χ3v) is 4.52. The zero-order valence-corrected chi connectivity index (χ0v) is 10.8. The van der Waals surface area contributed by atoms with E-state index in [9.17, 15) is 4.57 Å². The van der Waals surface area contributed by atoms with Crippen molar-refractivity contribution in [1.82, 2.24) is 0 Å². The van der Waals surface area contributed by atoms with Crippen molar-refractivity contribution in [2.75, 3.05) is 20.4 Å². The Morgan fingerprint density at radius 3 is 2.25 bits per heavy atom. The Bertz CT molecular complexity index is 329. The van der Waals surface area contributed by atoms with Crippen molar-refractivity contribution in [1.29, 1.82) is 0 Å². The van der Waals surface area contributed by atoms with E-state index in [1.54, 1.807) is 0 Å². The zero-order chi connectivity index (χ0) is 11.9. The average Bonchev–Trinajstić information content (AvgIpc) is 2.36. The third-order valence-electron chi connectivity index (χ3n) is 2.55. The highest BCUT2D eigenvalue weighted by Gasteiger charge is 2.19. The minimum Gasteiger partial charge on any atom is -0.312 e. The summed E-state index contributed by atoms with van der Waals surface area (Å²) in [6.45, 7) is 0. The first-order valence-corrected chi connectivity index (χ1v) is 7.17. The standard InChI is InChI=1S/C12H19O3P/c1-14-16(13,15-2)11-7-6-10-12-8-4-3-5-9-12/h3-5,8-9H,6-7,10-11H2,1-2H3. The number of hydrogen-bond acceptors (Lipinski definition) is 3. The van der Waals surface area contributed by atoms with Crippen molar-refractivity contribution in [2.24, 2.45) is 0 Å². The highest BCUT2D eigenvalue weighted by molar-refractivity contribution is 7.53. The molecule has 0 aliphatic rings. The topological polar surface area (TPSA) is 35.5 Å². The van der Waals surface area contributed by atoms with Crippen molar-refractivity contribution < 1.29 is 13.6 Å². The van der Waals surface area contributed by atoms with Crippen molar-refractivity contribution >= 4 is 7.60 Å². The molecule has 1 aromatic carbocycles. The van der Waals surface area contributed by atoms with Crippen LogP contribution in [0.5, 0.6) is 0 Å². The maximum absolute atomic E-state index is 11.7. The maximum Gasteiger partial charge on any atom is 0.330 e. The second kappa shape index (κ2) is 6.85. The Kier molecular flexibility index (Phi) is 5.75. The van der Waals surface area contributed by atoms with Crippen LogP contribution >= 0.6 is 7.60 Å². The van der Waals surface area contributed by atoms with Gasteiger partial charge in [-0.05, 0) is 24.8 Å². The predicted octanol–water partition coefficient (Wildman–Crippen LogP) is 3.50. The molecule has 0 bridgehead atoms. The van der Waals surface area contributed by atoms with Gasteiger partial charge in [0.25, 0.3) is 0 Å². The van der Waals surface area contributed by atoms with Gasteiger partial charge < -0.3 is 9.05 Å². The van der Waals surface area contributed by atoms with Gasteiger partial charge in [0.05, 0.1) is 6.16 Å². The molecule has 0 aliphatic carbocycles. The van der Waals surface area contributed by atoms with Gasteiger partial charge in [-0.2, -0.15) is 0 Å². The molecule has 0 saturated heterocycles. The summed E-state index contributed by atoms with van der Waals surface area (Å²) >= 11 is 0. The van der Waals surface area contributed by atoms with Gasteiger partial charge in [0.15, 0.2) is 0 Å². The molecule has 0 aliphatic heterocycles. The van der Waals surface area contributed by atoms with Gasteiger partial charge in [-0.3, -0.25) is 4.57 Å². The van der Waals surface area contributed by atoms with Crippen LogP contribution in [0.2, 0.25) is 0 Å². The monoisotopic (exact) mass is 242 g/mol. The smallest absolute Gasteiger partial charge is 0.312 e. The first kappa shape index (κ1) is 13.4. The van der Waals surface area contributed by atoms with Crippen LogP contribution < -0.4 is 0 Å². The summed E-state index contributed by atoms with van der Waals surface area (Å²) in [4.78, 5) is 0. The lowest BCUT2D eigenvalue weighted by Crippen LogP contribution is -1.96. The number of rotatable bonds is 7. The summed E-state index contributed by atoms with van der Waals surface area (Å²) in [7, 11) is 0.0616. The first-order chi connectivity index (χ1) is 7.70. The van der Waals surface area contributed by atoms with Gasteiger partial charge in [0.1, 0.15) is 0 Å². The molecule has 0 aromatic heterocycles. The highest BCUT2D eigenvalue weighted by atomic mass is 31.2. The largest absolute Gasteiger partial charge is 0.330 e. The van der Waals surface area contributed by atoms with E-state index in [1.165, 1.54) is 19.8 Å². The molecule has 0 unspecified atom stereocenters. The molecule has 1 rings (SSSR count). The Morgan fingerprint density at radius 2 is 1.69 bits per heavy atom. The average molecular weight is 242 g/mol. The lowest BCUT2D eigenvalue weighted by atomic mass is 10.1. The first-order valence-electron chi connectivity index (χ1n) is 5.44. The molecule has 90 valence electrons. The second-order valence-corrected chi connectivity index (χ2v) is 6.04. The van der Waals surface area contributed by atoms with Crippen molar-refractivity contribution in [2.45, 2.75) is 19.3 Å². The molecule has 0 saturated carbocycles. The highest BCUT2D eigenvalue weighted by Crippen LogP contribution is 2.46. The zero-order valence-electron chi connectivity index (χ0n) is 9.89. The molecule has 0 atom stereocenters. The minimum absolute atomic E-state index is 0.493. The number of benzene rings is 1. The van der Waals surface area contributed by atoms with Gasteiger partial charge in [0, 0.05) is 14.2 Å². The third kappa shape index (κ3) is 4.48. The molecule has 0 spiro atoms. The van der Waals surface area contributed by atoms with Crippen molar-refractivity contribution in [3.05, 3.63) is 35.9 Å². The SMILES string of the molecule is COP(=O)(CCCCc1ccccc1)OC.